The van der Waals surface area contributed by atoms with Gasteiger partial charge in [0.15, 0.2) is 0 Å². The van der Waals surface area contributed by atoms with E-state index < -0.39 is 0 Å². The number of halogens is 1. The first-order valence-corrected chi connectivity index (χ1v) is 9.60. The van der Waals surface area contributed by atoms with Crippen molar-refractivity contribution >= 4 is 23.2 Å². The highest BCUT2D eigenvalue weighted by molar-refractivity contribution is 5.95. The van der Waals surface area contributed by atoms with Crippen molar-refractivity contribution in [3.63, 3.8) is 0 Å². The molecule has 1 aliphatic heterocycles. The lowest BCUT2D eigenvalue weighted by molar-refractivity contribution is -0.119. The first-order valence-electron chi connectivity index (χ1n) is 9.60. The van der Waals surface area contributed by atoms with Crippen LogP contribution < -0.4 is 4.90 Å². The third-order valence-corrected chi connectivity index (χ3v) is 5.21. The number of Topliss-reactive ketones (excluding diaryl/α,β-unsaturated/α-hetero) is 1. The molecule has 1 heterocycles. The highest BCUT2D eigenvalue weighted by Crippen LogP contribution is 2.43. The van der Waals surface area contributed by atoms with Gasteiger partial charge in [-0.15, -0.1) is 0 Å². The van der Waals surface area contributed by atoms with Crippen molar-refractivity contribution in [1.82, 2.24) is 0 Å². The molecule has 1 atom stereocenters. The molecule has 0 amide bonds. The second kappa shape index (κ2) is 7.81. The summed E-state index contributed by atoms with van der Waals surface area (Å²) in [6.07, 6.45) is 3.07. The maximum Gasteiger partial charge on any atom is 0.135 e. The van der Waals surface area contributed by atoms with Gasteiger partial charge in [0.1, 0.15) is 11.6 Å². The fraction of sp³-hybridized carbons (Fsp3) is 0.160. The molecule has 3 aromatic carbocycles. The SMILES string of the molecule is CCC(=O)CC1c2ccccc2C=C(c2ccccc2)N1c1ccc(F)cc1. The fourth-order valence-corrected chi connectivity index (χ4v) is 3.78. The zero-order valence-electron chi connectivity index (χ0n) is 15.8. The van der Waals surface area contributed by atoms with Crippen molar-refractivity contribution in [3.8, 4) is 0 Å². The Morgan fingerprint density at radius 3 is 2.32 bits per heavy atom. The van der Waals surface area contributed by atoms with Crippen LogP contribution in [-0.2, 0) is 4.79 Å². The smallest absolute Gasteiger partial charge is 0.135 e. The summed E-state index contributed by atoms with van der Waals surface area (Å²) in [7, 11) is 0. The lowest BCUT2D eigenvalue weighted by atomic mass is 9.88. The van der Waals surface area contributed by atoms with E-state index in [0.29, 0.717) is 12.8 Å². The Balaban J connectivity index is 1.92. The van der Waals surface area contributed by atoms with Crippen LogP contribution >= 0.6 is 0 Å². The first kappa shape index (κ1) is 18.2. The molecule has 0 fully saturated rings. The van der Waals surface area contributed by atoms with E-state index >= 15 is 0 Å². The first-order chi connectivity index (χ1) is 13.7. The molecule has 0 spiro atoms. The van der Waals surface area contributed by atoms with Crippen LogP contribution in [-0.4, -0.2) is 5.78 Å². The van der Waals surface area contributed by atoms with E-state index in [9.17, 15) is 9.18 Å². The van der Waals surface area contributed by atoms with E-state index in [1.807, 2.05) is 37.3 Å². The molecule has 4 rings (SSSR count). The van der Waals surface area contributed by atoms with Gasteiger partial charge in [0.25, 0.3) is 0 Å². The van der Waals surface area contributed by atoms with Gasteiger partial charge in [-0.2, -0.15) is 0 Å². The number of hydrogen-bond acceptors (Lipinski definition) is 2. The molecule has 0 aromatic heterocycles. The van der Waals surface area contributed by atoms with Gasteiger partial charge in [-0.05, 0) is 47.0 Å². The third kappa shape index (κ3) is 3.48. The number of hydrogen-bond donors (Lipinski definition) is 0. The molecule has 1 aliphatic rings. The molecule has 28 heavy (non-hydrogen) atoms. The van der Waals surface area contributed by atoms with Crippen molar-refractivity contribution in [1.29, 1.82) is 0 Å². The van der Waals surface area contributed by atoms with E-state index in [1.165, 1.54) is 12.1 Å². The summed E-state index contributed by atoms with van der Waals surface area (Å²) in [6, 6.07) is 24.7. The number of carbonyl (C=O) groups excluding carboxylic acids is 1. The topological polar surface area (TPSA) is 20.3 Å². The predicted octanol–water partition coefficient (Wildman–Crippen LogP) is 6.25. The summed E-state index contributed by atoms with van der Waals surface area (Å²) >= 11 is 0. The number of benzene rings is 3. The molecule has 3 heteroatoms. The van der Waals surface area contributed by atoms with Crippen LogP contribution in [0.2, 0.25) is 0 Å². The Kier molecular flexibility index (Phi) is 5.07. The Morgan fingerprint density at radius 2 is 1.61 bits per heavy atom. The molecule has 0 saturated carbocycles. The maximum absolute atomic E-state index is 13.6. The van der Waals surface area contributed by atoms with E-state index in [2.05, 4.69) is 35.2 Å². The number of nitrogens with zero attached hydrogens (tertiary/aromatic N) is 1. The molecule has 0 N–H and O–H groups in total. The third-order valence-electron chi connectivity index (χ3n) is 5.21. The monoisotopic (exact) mass is 371 g/mol. The molecular formula is C25H22FNO. The van der Waals surface area contributed by atoms with Crippen LogP contribution in [0.5, 0.6) is 0 Å². The summed E-state index contributed by atoms with van der Waals surface area (Å²) in [6.45, 7) is 1.90. The maximum atomic E-state index is 13.6. The molecule has 140 valence electrons. The van der Waals surface area contributed by atoms with Crippen LogP contribution in [0.15, 0.2) is 78.9 Å². The Hall–Kier alpha value is -3.20. The molecule has 0 bridgehead atoms. The van der Waals surface area contributed by atoms with Gasteiger partial charge in [-0.3, -0.25) is 4.79 Å². The summed E-state index contributed by atoms with van der Waals surface area (Å²) in [5.41, 5.74) is 5.19. The van der Waals surface area contributed by atoms with Gasteiger partial charge in [-0.1, -0.05) is 61.5 Å². The van der Waals surface area contributed by atoms with Crippen LogP contribution in [0, 0.1) is 5.82 Å². The van der Waals surface area contributed by atoms with E-state index in [-0.39, 0.29) is 17.6 Å². The average Bonchev–Trinajstić information content (AvgIpc) is 2.74. The van der Waals surface area contributed by atoms with Gasteiger partial charge in [0.2, 0.25) is 0 Å². The second-order valence-electron chi connectivity index (χ2n) is 6.98. The molecule has 0 saturated heterocycles. The summed E-state index contributed by atoms with van der Waals surface area (Å²) in [5.74, 6) is -0.0613. The average molecular weight is 371 g/mol. The minimum Gasteiger partial charge on any atom is -0.333 e. The second-order valence-corrected chi connectivity index (χ2v) is 6.98. The minimum absolute atomic E-state index is 0.130. The number of fused-ring (bicyclic) bond motifs is 1. The van der Waals surface area contributed by atoms with Crippen molar-refractivity contribution in [3.05, 3.63) is 101 Å². The molecule has 1 unspecified atom stereocenters. The van der Waals surface area contributed by atoms with E-state index in [0.717, 1.165) is 28.1 Å². The summed E-state index contributed by atoms with van der Waals surface area (Å²) in [5, 5.41) is 0. The Labute approximate surface area is 164 Å². The number of ketones is 1. The highest BCUT2D eigenvalue weighted by atomic mass is 19.1. The van der Waals surface area contributed by atoms with Crippen LogP contribution in [0.25, 0.3) is 11.8 Å². The highest BCUT2D eigenvalue weighted by Gasteiger charge is 2.31. The lowest BCUT2D eigenvalue weighted by Crippen LogP contribution is -2.32. The van der Waals surface area contributed by atoms with E-state index in [4.69, 9.17) is 0 Å². The van der Waals surface area contributed by atoms with Crippen LogP contribution in [0.4, 0.5) is 10.1 Å². The molecule has 0 radical (unpaired) electrons. The standard InChI is InChI=1S/C25H22FNO/c1-2-22(28)17-25-23-11-7-6-10-19(23)16-24(18-8-4-3-5-9-18)27(25)21-14-12-20(26)13-15-21/h3-16,25H,2,17H2,1H3. The molecular weight excluding hydrogens is 349 g/mol. The minimum atomic E-state index is -0.271. The van der Waals surface area contributed by atoms with Gasteiger partial charge >= 0.3 is 0 Å². The van der Waals surface area contributed by atoms with Gasteiger partial charge in [0.05, 0.1) is 6.04 Å². The predicted molar refractivity (Wildman–Crippen MR) is 112 cm³/mol. The number of carbonyl (C=O) groups is 1. The van der Waals surface area contributed by atoms with Gasteiger partial charge < -0.3 is 4.90 Å². The van der Waals surface area contributed by atoms with Crippen molar-refractivity contribution in [2.24, 2.45) is 0 Å². The quantitative estimate of drug-likeness (QED) is 0.528. The van der Waals surface area contributed by atoms with Crippen molar-refractivity contribution in [2.45, 2.75) is 25.8 Å². The molecule has 3 aromatic rings. The fourth-order valence-electron chi connectivity index (χ4n) is 3.78. The lowest BCUT2D eigenvalue weighted by Gasteiger charge is -2.39. The number of rotatable bonds is 5. The normalized spacial score (nSPS) is 15.7. The largest absolute Gasteiger partial charge is 0.333 e. The van der Waals surface area contributed by atoms with Crippen molar-refractivity contribution in [2.75, 3.05) is 4.90 Å². The summed E-state index contributed by atoms with van der Waals surface area (Å²) in [4.78, 5) is 14.6. The zero-order valence-corrected chi connectivity index (χ0v) is 15.8. The van der Waals surface area contributed by atoms with Crippen molar-refractivity contribution < 1.29 is 9.18 Å². The molecule has 2 nitrogen and oxygen atoms in total. The van der Waals surface area contributed by atoms with Crippen LogP contribution in [0.3, 0.4) is 0 Å². The van der Waals surface area contributed by atoms with Gasteiger partial charge in [0, 0.05) is 24.2 Å². The Morgan fingerprint density at radius 1 is 0.929 bits per heavy atom. The zero-order chi connectivity index (χ0) is 19.5. The Bertz CT molecular complexity index is 1010. The van der Waals surface area contributed by atoms with Gasteiger partial charge in [-0.25, -0.2) is 4.39 Å². The van der Waals surface area contributed by atoms with E-state index in [1.54, 1.807) is 12.1 Å². The number of anilines is 1. The molecule has 0 aliphatic carbocycles. The van der Waals surface area contributed by atoms with Crippen LogP contribution in [0.1, 0.15) is 42.5 Å². The summed E-state index contributed by atoms with van der Waals surface area (Å²) < 4.78 is 13.6.